The number of benzene rings is 1. The molecule has 0 atom stereocenters. The van der Waals surface area contributed by atoms with E-state index in [1.807, 2.05) is 0 Å². The van der Waals surface area contributed by atoms with Crippen LogP contribution in [0.4, 0.5) is 8.78 Å². The summed E-state index contributed by atoms with van der Waals surface area (Å²) < 4.78 is 28.3. The van der Waals surface area contributed by atoms with Crippen LogP contribution < -0.4 is 10.3 Å². The molecule has 0 fully saturated rings. The minimum Gasteiger partial charge on any atom is -0.435 e. The van der Waals surface area contributed by atoms with Gasteiger partial charge in [-0.15, -0.1) is 0 Å². The molecule has 0 radical (unpaired) electrons. The number of aromatic amines is 2. The van der Waals surface area contributed by atoms with Gasteiger partial charge < -0.3 is 9.72 Å². The van der Waals surface area contributed by atoms with Crippen LogP contribution in [-0.2, 0) is 0 Å². The van der Waals surface area contributed by atoms with E-state index in [0.717, 1.165) is 0 Å². The number of H-pyrrole nitrogens is 2. The van der Waals surface area contributed by atoms with Crippen LogP contribution in [0.1, 0.15) is 0 Å². The summed E-state index contributed by atoms with van der Waals surface area (Å²) in [5.41, 5.74) is 0.822. The average Bonchev–Trinajstić information content (AvgIpc) is 2.27. The van der Waals surface area contributed by atoms with Gasteiger partial charge in [0, 0.05) is 6.07 Å². The van der Waals surface area contributed by atoms with Crippen LogP contribution in [-0.4, -0.2) is 16.6 Å². The molecule has 0 amide bonds. The highest BCUT2D eigenvalue weighted by atomic mass is 32.1. The topological polar surface area (TPSA) is 57.9 Å². The van der Waals surface area contributed by atoms with E-state index in [-0.39, 0.29) is 16.1 Å². The lowest BCUT2D eigenvalue weighted by Crippen LogP contribution is -2.06. The van der Waals surface area contributed by atoms with Gasteiger partial charge in [-0.1, -0.05) is 0 Å². The fourth-order valence-corrected chi connectivity index (χ4v) is 1.65. The summed E-state index contributed by atoms with van der Waals surface area (Å²) in [6.45, 7) is -2.86. The van der Waals surface area contributed by atoms with Gasteiger partial charge in [0.05, 0.1) is 5.69 Å². The first-order valence-electron chi connectivity index (χ1n) is 4.93. The first kappa shape index (κ1) is 12.4. The Morgan fingerprint density at radius 2 is 1.83 bits per heavy atom. The number of halogens is 2. The molecule has 1 heterocycles. The largest absolute Gasteiger partial charge is 0.435 e. The summed E-state index contributed by atoms with van der Waals surface area (Å²) in [5.74, 6) is 0.0530. The van der Waals surface area contributed by atoms with Gasteiger partial charge in [0.1, 0.15) is 5.75 Å². The zero-order valence-corrected chi connectivity index (χ0v) is 9.76. The summed E-state index contributed by atoms with van der Waals surface area (Å²) in [6.07, 6.45) is 0. The standard InChI is InChI=1S/C11H8F2N2O2S/c12-10(13)17-7-3-1-6(2-4-7)8-5-9(16)15-11(18)14-8/h1-5,10H,(H2,14,15,16,18). The third kappa shape index (κ3) is 3.01. The van der Waals surface area contributed by atoms with E-state index >= 15 is 0 Å². The monoisotopic (exact) mass is 270 g/mol. The van der Waals surface area contributed by atoms with Crippen LogP contribution in [0.15, 0.2) is 35.1 Å². The Balaban J connectivity index is 2.34. The Labute approximate surface area is 105 Å². The number of hydrogen-bond donors (Lipinski definition) is 2. The predicted molar refractivity (Wildman–Crippen MR) is 64.3 cm³/mol. The first-order valence-corrected chi connectivity index (χ1v) is 5.34. The van der Waals surface area contributed by atoms with Crippen molar-refractivity contribution in [3.63, 3.8) is 0 Å². The summed E-state index contributed by atoms with van der Waals surface area (Å²) in [4.78, 5) is 16.4. The van der Waals surface area contributed by atoms with Crippen molar-refractivity contribution in [3.05, 3.63) is 45.5 Å². The van der Waals surface area contributed by atoms with Crippen LogP contribution in [0.3, 0.4) is 0 Å². The quantitative estimate of drug-likeness (QED) is 0.843. The fourth-order valence-electron chi connectivity index (χ4n) is 1.44. The first-order chi connectivity index (χ1) is 8.54. The van der Waals surface area contributed by atoms with E-state index < -0.39 is 6.61 Å². The van der Waals surface area contributed by atoms with Gasteiger partial charge in [0.25, 0.3) is 5.56 Å². The van der Waals surface area contributed by atoms with Gasteiger partial charge in [-0.3, -0.25) is 9.78 Å². The van der Waals surface area contributed by atoms with E-state index in [1.54, 1.807) is 12.1 Å². The maximum Gasteiger partial charge on any atom is 0.387 e. The lowest BCUT2D eigenvalue weighted by Gasteiger charge is -2.05. The van der Waals surface area contributed by atoms with E-state index in [1.165, 1.54) is 18.2 Å². The molecule has 4 nitrogen and oxygen atoms in total. The van der Waals surface area contributed by atoms with E-state index in [9.17, 15) is 13.6 Å². The average molecular weight is 270 g/mol. The molecule has 0 unspecified atom stereocenters. The Kier molecular flexibility index (Phi) is 3.52. The molecule has 0 aliphatic rings. The van der Waals surface area contributed by atoms with Crippen LogP contribution in [0.5, 0.6) is 5.75 Å². The summed E-state index contributed by atoms with van der Waals surface area (Å²) in [7, 11) is 0. The molecule has 7 heteroatoms. The molecule has 0 spiro atoms. The van der Waals surface area contributed by atoms with Crippen molar-refractivity contribution in [2.75, 3.05) is 0 Å². The van der Waals surface area contributed by atoms with Crippen molar-refractivity contribution in [2.45, 2.75) is 6.61 Å². The highest BCUT2D eigenvalue weighted by Gasteiger charge is 2.05. The molecule has 0 bridgehead atoms. The second-order valence-corrected chi connectivity index (χ2v) is 3.81. The Morgan fingerprint density at radius 3 is 2.39 bits per heavy atom. The summed E-state index contributed by atoms with van der Waals surface area (Å²) in [6, 6.07) is 7.22. The molecule has 0 aliphatic heterocycles. The molecule has 1 aromatic heterocycles. The maximum atomic E-state index is 12.0. The molecule has 2 N–H and O–H groups in total. The molecular weight excluding hydrogens is 262 g/mol. The van der Waals surface area contributed by atoms with Crippen molar-refractivity contribution < 1.29 is 13.5 Å². The van der Waals surface area contributed by atoms with Gasteiger partial charge in [-0.05, 0) is 42.0 Å². The van der Waals surface area contributed by atoms with Crippen molar-refractivity contribution in [1.82, 2.24) is 9.97 Å². The smallest absolute Gasteiger partial charge is 0.387 e. The second kappa shape index (κ2) is 5.09. The predicted octanol–water partition coefficient (Wildman–Crippen LogP) is 2.70. The zero-order valence-electron chi connectivity index (χ0n) is 8.94. The number of hydrogen-bond acceptors (Lipinski definition) is 3. The molecule has 0 saturated heterocycles. The molecular formula is C11H8F2N2O2S. The highest BCUT2D eigenvalue weighted by molar-refractivity contribution is 7.71. The molecule has 18 heavy (non-hydrogen) atoms. The number of ether oxygens (including phenoxy) is 1. The zero-order chi connectivity index (χ0) is 13.1. The van der Waals surface area contributed by atoms with Gasteiger partial charge in [-0.25, -0.2) is 0 Å². The Morgan fingerprint density at radius 1 is 1.17 bits per heavy atom. The van der Waals surface area contributed by atoms with Crippen LogP contribution >= 0.6 is 12.2 Å². The lowest BCUT2D eigenvalue weighted by molar-refractivity contribution is -0.0498. The highest BCUT2D eigenvalue weighted by Crippen LogP contribution is 2.20. The minimum absolute atomic E-state index is 0.0530. The van der Waals surface area contributed by atoms with Crippen LogP contribution in [0.25, 0.3) is 11.3 Å². The maximum absolute atomic E-state index is 12.0. The molecule has 94 valence electrons. The Bertz CT molecular complexity index is 621. The van der Waals surface area contributed by atoms with E-state index in [2.05, 4.69) is 14.7 Å². The van der Waals surface area contributed by atoms with Gasteiger partial charge in [-0.2, -0.15) is 8.78 Å². The van der Waals surface area contributed by atoms with Crippen LogP contribution in [0, 0.1) is 4.77 Å². The summed E-state index contributed by atoms with van der Waals surface area (Å²) >= 11 is 4.83. The van der Waals surface area contributed by atoms with Crippen LogP contribution in [0.2, 0.25) is 0 Å². The molecule has 2 aromatic rings. The number of alkyl halides is 2. The third-order valence-electron chi connectivity index (χ3n) is 2.15. The number of nitrogens with one attached hydrogen (secondary N) is 2. The molecule has 2 rings (SSSR count). The molecule has 0 saturated carbocycles. The Hall–Kier alpha value is -2.02. The number of aromatic nitrogens is 2. The van der Waals surface area contributed by atoms with Crippen molar-refractivity contribution in [3.8, 4) is 17.0 Å². The van der Waals surface area contributed by atoms with Gasteiger partial charge in [0.15, 0.2) is 4.77 Å². The van der Waals surface area contributed by atoms with E-state index in [0.29, 0.717) is 11.3 Å². The second-order valence-electron chi connectivity index (χ2n) is 3.40. The molecule has 1 aromatic carbocycles. The molecule has 0 aliphatic carbocycles. The SMILES string of the molecule is O=c1cc(-c2ccc(OC(F)F)cc2)[nH]c(=S)[nH]1. The lowest BCUT2D eigenvalue weighted by atomic mass is 10.1. The van der Waals surface area contributed by atoms with E-state index in [4.69, 9.17) is 12.2 Å². The van der Waals surface area contributed by atoms with Gasteiger partial charge >= 0.3 is 6.61 Å². The minimum atomic E-state index is -2.86. The van der Waals surface area contributed by atoms with Crippen molar-refractivity contribution >= 4 is 12.2 Å². The summed E-state index contributed by atoms with van der Waals surface area (Å²) in [5, 5.41) is 0. The number of rotatable bonds is 3. The normalized spacial score (nSPS) is 10.6. The fraction of sp³-hybridized carbons (Fsp3) is 0.0909. The van der Waals surface area contributed by atoms with Crippen molar-refractivity contribution in [1.29, 1.82) is 0 Å². The van der Waals surface area contributed by atoms with Gasteiger partial charge in [0.2, 0.25) is 0 Å². The third-order valence-corrected chi connectivity index (χ3v) is 2.35. The van der Waals surface area contributed by atoms with Crippen molar-refractivity contribution in [2.24, 2.45) is 0 Å².